The Bertz CT molecular complexity index is 597. The number of rotatable bonds is 7. The predicted octanol–water partition coefficient (Wildman–Crippen LogP) is -1.09. The minimum absolute atomic E-state index is 0.814. The lowest BCUT2D eigenvalue weighted by Crippen LogP contribution is -2.63. The van der Waals surface area contributed by atoms with Crippen LogP contribution in [0.4, 0.5) is 0 Å². The van der Waals surface area contributed by atoms with Gasteiger partial charge in [0.1, 0.15) is 29.3 Å². The third kappa shape index (κ3) is 2.93. The van der Waals surface area contributed by atoms with Gasteiger partial charge in [0.2, 0.25) is 0 Å². The fourth-order valence-electron chi connectivity index (χ4n) is 4.43. The maximum Gasteiger partial charge on any atom is 0.312 e. The van der Waals surface area contributed by atoms with Gasteiger partial charge in [0.15, 0.2) is 6.29 Å². The Morgan fingerprint density at radius 3 is 1.32 bits per heavy atom. The molecule has 2 rings (SSSR count). The van der Waals surface area contributed by atoms with E-state index >= 15 is 0 Å². The van der Waals surface area contributed by atoms with Crippen LogP contribution in [0.5, 0.6) is 0 Å². The Morgan fingerprint density at radius 2 is 1.04 bits per heavy atom. The van der Waals surface area contributed by atoms with Crippen LogP contribution < -0.4 is 0 Å². The molecule has 6 atom stereocenters. The lowest BCUT2D eigenvalue weighted by molar-refractivity contribution is -0.242. The molecular formula is C17H24O11. The van der Waals surface area contributed by atoms with Crippen LogP contribution in [0.1, 0.15) is 0 Å². The average Bonchev–Trinajstić information content (AvgIpc) is 3.23. The minimum atomic E-state index is -1.88. The second-order valence-electron chi connectivity index (χ2n) is 6.34. The van der Waals surface area contributed by atoms with Gasteiger partial charge in [0.05, 0.1) is 34.5 Å². The fraction of sp³-hybridized carbons (Fsp3) is 0.765. The van der Waals surface area contributed by atoms with Gasteiger partial charge in [-0.05, 0) is 0 Å². The van der Waals surface area contributed by atoms with E-state index in [-0.39, 0.29) is 0 Å². The number of hydrogen-bond acceptors (Lipinski definition) is 11. The predicted molar refractivity (Wildman–Crippen MR) is 87.4 cm³/mol. The van der Waals surface area contributed by atoms with Crippen LogP contribution in [0.3, 0.4) is 0 Å². The van der Waals surface area contributed by atoms with Crippen LogP contribution >= 0.6 is 0 Å². The summed E-state index contributed by atoms with van der Waals surface area (Å²) in [7, 11) is 7.03. The van der Waals surface area contributed by atoms with E-state index in [9.17, 15) is 19.2 Å². The van der Waals surface area contributed by atoms with Crippen molar-refractivity contribution in [2.45, 2.75) is 18.0 Å². The first-order valence-corrected chi connectivity index (χ1v) is 8.35. The van der Waals surface area contributed by atoms with Crippen molar-refractivity contribution in [2.24, 2.45) is 23.7 Å². The molecular weight excluding hydrogens is 380 g/mol. The number of carbonyl (C=O) groups excluding carboxylic acids is 4. The van der Waals surface area contributed by atoms with Crippen LogP contribution in [-0.2, 0) is 52.3 Å². The summed E-state index contributed by atoms with van der Waals surface area (Å²) in [5, 5.41) is 0. The Morgan fingerprint density at radius 1 is 0.679 bits per heavy atom. The number of hydrogen-bond donors (Lipinski definition) is 0. The lowest BCUT2D eigenvalue weighted by Gasteiger charge is -2.43. The second kappa shape index (κ2) is 8.41. The largest absolute Gasteiger partial charge is 0.469 e. The highest BCUT2D eigenvalue weighted by atomic mass is 16.7. The molecule has 11 nitrogen and oxygen atoms in total. The molecule has 0 aromatic rings. The van der Waals surface area contributed by atoms with Gasteiger partial charge < -0.3 is 33.2 Å². The molecule has 0 N–H and O–H groups in total. The maximum atomic E-state index is 12.7. The van der Waals surface area contributed by atoms with E-state index in [0.717, 1.165) is 28.4 Å². The second-order valence-corrected chi connectivity index (χ2v) is 6.34. The van der Waals surface area contributed by atoms with Gasteiger partial charge in [-0.1, -0.05) is 0 Å². The standard InChI is InChI=1S/C17H24O11/c1-22-12(18)7-9(14(20)24-3)17(16(26-5)27-6)10(15(21)25-4)8(11(7)28-17)13(19)23-2/h7-11,16H,1-6H3/t7-,8+,9+,10-,11?,17?. The van der Waals surface area contributed by atoms with E-state index in [1.54, 1.807) is 0 Å². The third-order valence-corrected chi connectivity index (χ3v) is 5.39. The molecule has 2 bridgehead atoms. The highest BCUT2D eigenvalue weighted by molar-refractivity contribution is 5.92. The van der Waals surface area contributed by atoms with E-state index < -0.39 is 65.5 Å². The number of fused-ring (bicyclic) bond motifs is 2. The smallest absolute Gasteiger partial charge is 0.312 e. The van der Waals surface area contributed by atoms with Crippen molar-refractivity contribution in [3.63, 3.8) is 0 Å². The Labute approximate surface area is 161 Å². The monoisotopic (exact) mass is 404 g/mol. The number of ether oxygens (including phenoxy) is 7. The van der Waals surface area contributed by atoms with Crippen molar-refractivity contribution < 1.29 is 52.3 Å². The van der Waals surface area contributed by atoms with E-state index in [0.29, 0.717) is 0 Å². The summed E-state index contributed by atoms with van der Waals surface area (Å²) in [6.07, 6.45) is -2.53. The molecule has 0 spiro atoms. The van der Waals surface area contributed by atoms with E-state index in [2.05, 4.69) is 0 Å². The first-order chi connectivity index (χ1) is 13.3. The van der Waals surface area contributed by atoms with Crippen LogP contribution in [0, 0.1) is 23.7 Å². The minimum Gasteiger partial charge on any atom is -0.469 e. The van der Waals surface area contributed by atoms with Gasteiger partial charge in [-0.3, -0.25) is 19.2 Å². The van der Waals surface area contributed by atoms with Gasteiger partial charge in [0.25, 0.3) is 0 Å². The lowest BCUT2D eigenvalue weighted by atomic mass is 9.61. The summed E-state index contributed by atoms with van der Waals surface area (Å²) in [4.78, 5) is 50.4. The van der Waals surface area contributed by atoms with Crippen molar-refractivity contribution >= 4 is 23.9 Å². The molecule has 2 fully saturated rings. The molecule has 158 valence electrons. The molecule has 2 aliphatic heterocycles. The van der Waals surface area contributed by atoms with Crippen molar-refractivity contribution in [1.29, 1.82) is 0 Å². The average molecular weight is 404 g/mol. The summed E-state index contributed by atoms with van der Waals surface area (Å²) >= 11 is 0. The van der Waals surface area contributed by atoms with Crippen molar-refractivity contribution in [2.75, 3.05) is 42.7 Å². The maximum absolute atomic E-state index is 12.7. The molecule has 2 aliphatic rings. The molecule has 28 heavy (non-hydrogen) atoms. The van der Waals surface area contributed by atoms with E-state index in [1.807, 2.05) is 0 Å². The Kier molecular flexibility index (Phi) is 6.63. The highest BCUT2D eigenvalue weighted by Gasteiger charge is 2.79. The first-order valence-electron chi connectivity index (χ1n) is 8.35. The quantitative estimate of drug-likeness (QED) is 0.291. The van der Waals surface area contributed by atoms with Gasteiger partial charge in [0, 0.05) is 14.2 Å². The van der Waals surface area contributed by atoms with Gasteiger partial charge in [-0.2, -0.15) is 0 Å². The SMILES string of the molecule is COC(=O)[C@@H]1C2OC(C(OC)OC)([C@H](C(=O)OC)[C@H]2C(=O)OC)[C@H]1C(=O)OC. The van der Waals surface area contributed by atoms with Crippen LogP contribution in [0.15, 0.2) is 0 Å². The molecule has 0 aromatic carbocycles. The van der Waals surface area contributed by atoms with E-state index in [4.69, 9.17) is 33.2 Å². The van der Waals surface area contributed by atoms with E-state index in [1.165, 1.54) is 14.2 Å². The van der Waals surface area contributed by atoms with Crippen LogP contribution in [0.25, 0.3) is 0 Å². The summed E-state index contributed by atoms with van der Waals surface area (Å²) in [6, 6.07) is 0. The van der Waals surface area contributed by atoms with Crippen LogP contribution in [0.2, 0.25) is 0 Å². The summed E-state index contributed by atoms with van der Waals surface area (Å²) < 4.78 is 35.9. The zero-order valence-corrected chi connectivity index (χ0v) is 16.5. The zero-order chi connectivity index (χ0) is 21.2. The molecule has 0 saturated carbocycles. The van der Waals surface area contributed by atoms with Crippen molar-refractivity contribution in [3.05, 3.63) is 0 Å². The third-order valence-electron chi connectivity index (χ3n) is 5.39. The first kappa shape index (κ1) is 22.1. The fourth-order valence-corrected chi connectivity index (χ4v) is 4.43. The molecule has 0 radical (unpaired) electrons. The molecule has 2 saturated heterocycles. The summed E-state index contributed by atoms with van der Waals surface area (Å²) in [5.41, 5.74) is -1.88. The molecule has 0 amide bonds. The molecule has 11 heteroatoms. The molecule has 0 aliphatic carbocycles. The van der Waals surface area contributed by atoms with Crippen molar-refractivity contribution in [3.8, 4) is 0 Å². The Balaban J connectivity index is 2.78. The molecule has 2 unspecified atom stereocenters. The highest BCUT2D eigenvalue weighted by Crippen LogP contribution is 2.60. The van der Waals surface area contributed by atoms with Crippen LogP contribution in [-0.4, -0.2) is 84.5 Å². The summed E-state index contributed by atoms with van der Waals surface area (Å²) in [6.45, 7) is 0. The topological polar surface area (TPSA) is 133 Å². The number of carbonyl (C=O) groups is 4. The number of methoxy groups -OCH3 is 6. The molecule has 2 heterocycles. The summed E-state index contributed by atoms with van der Waals surface area (Å²) in [5.74, 6) is -8.56. The van der Waals surface area contributed by atoms with Gasteiger partial charge in [-0.25, -0.2) is 0 Å². The number of esters is 4. The van der Waals surface area contributed by atoms with Gasteiger partial charge in [-0.15, -0.1) is 0 Å². The molecule has 0 aromatic heterocycles. The normalized spacial score (nSPS) is 33.5. The van der Waals surface area contributed by atoms with Gasteiger partial charge >= 0.3 is 23.9 Å². The van der Waals surface area contributed by atoms with Crippen molar-refractivity contribution in [1.82, 2.24) is 0 Å². The Hall–Kier alpha value is -2.24. The zero-order valence-electron chi connectivity index (χ0n) is 16.5.